The largest absolute Gasteiger partial charge is 0.492 e. The van der Waals surface area contributed by atoms with E-state index in [1.165, 1.54) is 23.8 Å². The Morgan fingerprint density at radius 1 is 1.12 bits per heavy atom. The van der Waals surface area contributed by atoms with Gasteiger partial charge in [-0.05, 0) is 58.0 Å². The lowest BCUT2D eigenvalue weighted by Gasteiger charge is -2.12. The molecule has 3 rings (SSSR count). The molecule has 0 aromatic heterocycles. The number of nitrogens with one attached hydrogen (secondary N) is 2. The van der Waals surface area contributed by atoms with Gasteiger partial charge in [0.1, 0.15) is 5.75 Å². The van der Waals surface area contributed by atoms with Crippen molar-refractivity contribution in [3.63, 3.8) is 0 Å². The van der Waals surface area contributed by atoms with E-state index in [2.05, 4.69) is 26.6 Å². The van der Waals surface area contributed by atoms with Crippen molar-refractivity contribution in [3.05, 3.63) is 97.5 Å². The Labute approximate surface area is 203 Å². The summed E-state index contributed by atoms with van der Waals surface area (Å²) < 4.78 is 6.43. The highest BCUT2D eigenvalue weighted by molar-refractivity contribution is 9.10. The lowest BCUT2D eigenvalue weighted by Crippen LogP contribution is -2.34. The van der Waals surface area contributed by atoms with Crippen molar-refractivity contribution < 1.29 is 14.5 Å². The van der Waals surface area contributed by atoms with Crippen LogP contribution in [0.5, 0.6) is 5.75 Å². The minimum absolute atomic E-state index is 0.00469. The number of anilines is 1. The Bertz CT molecular complexity index is 1160. The molecule has 0 heterocycles. The molecule has 164 valence electrons. The van der Waals surface area contributed by atoms with Crippen molar-refractivity contribution in [2.75, 3.05) is 11.9 Å². The summed E-state index contributed by atoms with van der Waals surface area (Å²) in [7, 11) is 0. The second-order valence-corrected chi connectivity index (χ2v) is 8.23. The Morgan fingerprint density at radius 2 is 1.88 bits per heavy atom. The van der Waals surface area contributed by atoms with E-state index in [4.69, 9.17) is 28.6 Å². The number of carbonyl (C=O) groups excluding carboxylic acids is 1. The van der Waals surface area contributed by atoms with Crippen LogP contribution in [0.1, 0.15) is 15.9 Å². The topological polar surface area (TPSA) is 93.5 Å². The van der Waals surface area contributed by atoms with Gasteiger partial charge in [0.15, 0.2) is 5.11 Å². The third kappa shape index (κ3) is 6.49. The summed E-state index contributed by atoms with van der Waals surface area (Å²) in [6.07, 6.45) is 0.765. The number of nitro benzene ring substituents is 1. The monoisotopic (exact) mass is 533 g/mol. The van der Waals surface area contributed by atoms with Crippen molar-refractivity contribution in [2.45, 2.75) is 6.42 Å². The van der Waals surface area contributed by atoms with Crippen molar-refractivity contribution in [2.24, 2.45) is 0 Å². The van der Waals surface area contributed by atoms with Gasteiger partial charge >= 0.3 is 0 Å². The van der Waals surface area contributed by atoms with Gasteiger partial charge in [0.2, 0.25) is 0 Å². The number of amides is 1. The molecule has 0 aliphatic heterocycles. The number of rotatable bonds is 7. The van der Waals surface area contributed by atoms with Gasteiger partial charge in [-0.15, -0.1) is 0 Å². The van der Waals surface area contributed by atoms with Crippen LogP contribution < -0.4 is 15.4 Å². The van der Waals surface area contributed by atoms with Crippen LogP contribution in [-0.4, -0.2) is 22.5 Å². The molecular formula is C22H17BrClN3O4S. The fourth-order valence-corrected chi connectivity index (χ4v) is 3.65. The molecule has 0 aliphatic carbocycles. The second-order valence-electron chi connectivity index (χ2n) is 6.56. The fourth-order valence-electron chi connectivity index (χ4n) is 2.73. The number of hydrogen-bond acceptors (Lipinski definition) is 5. The lowest BCUT2D eigenvalue weighted by atomic mass is 10.2. The number of nitro groups is 1. The molecule has 3 aromatic carbocycles. The van der Waals surface area contributed by atoms with Gasteiger partial charge < -0.3 is 10.1 Å². The third-order valence-electron chi connectivity index (χ3n) is 4.32. The first-order valence-corrected chi connectivity index (χ1v) is 10.9. The van der Waals surface area contributed by atoms with Crippen LogP contribution in [0.4, 0.5) is 11.4 Å². The highest BCUT2D eigenvalue weighted by Gasteiger charge is 2.14. The molecule has 0 saturated heterocycles. The summed E-state index contributed by atoms with van der Waals surface area (Å²) >= 11 is 14.6. The molecule has 0 fully saturated rings. The molecule has 2 N–H and O–H groups in total. The van der Waals surface area contributed by atoms with E-state index in [-0.39, 0.29) is 15.8 Å². The van der Waals surface area contributed by atoms with E-state index >= 15 is 0 Å². The molecule has 0 unspecified atom stereocenters. The first-order chi connectivity index (χ1) is 15.3. The van der Waals surface area contributed by atoms with Crippen molar-refractivity contribution in [1.82, 2.24) is 5.32 Å². The van der Waals surface area contributed by atoms with Crippen molar-refractivity contribution in [3.8, 4) is 5.75 Å². The van der Waals surface area contributed by atoms with E-state index in [1.54, 1.807) is 18.2 Å². The highest BCUT2D eigenvalue weighted by atomic mass is 79.9. The SMILES string of the molecule is O=C(NC(=S)Nc1ccc([N+](=O)[O-])cc1Cl)c1ccc(OCCc2ccccc2)c(Br)c1. The van der Waals surface area contributed by atoms with Crippen LogP contribution in [0.25, 0.3) is 0 Å². The quantitative estimate of drug-likeness (QED) is 0.227. The zero-order chi connectivity index (χ0) is 23.1. The second kappa shape index (κ2) is 11.0. The normalized spacial score (nSPS) is 10.3. The van der Waals surface area contributed by atoms with E-state index < -0.39 is 10.8 Å². The molecule has 7 nitrogen and oxygen atoms in total. The van der Waals surface area contributed by atoms with Crippen LogP contribution in [0, 0.1) is 10.1 Å². The maximum Gasteiger partial charge on any atom is 0.271 e. The van der Waals surface area contributed by atoms with Crippen LogP contribution in [0.3, 0.4) is 0 Å². The number of non-ortho nitro benzene ring substituents is 1. The number of thiocarbonyl (C=S) groups is 1. The number of nitrogens with zero attached hydrogens (tertiary/aromatic N) is 1. The fraction of sp³-hybridized carbons (Fsp3) is 0.0909. The van der Waals surface area contributed by atoms with Gasteiger partial charge in [0, 0.05) is 24.1 Å². The average molecular weight is 535 g/mol. The van der Waals surface area contributed by atoms with E-state index in [0.29, 0.717) is 28.1 Å². The van der Waals surface area contributed by atoms with Gasteiger partial charge in [0.05, 0.1) is 26.7 Å². The van der Waals surface area contributed by atoms with E-state index in [1.807, 2.05) is 30.3 Å². The van der Waals surface area contributed by atoms with Crippen LogP contribution >= 0.6 is 39.7 Å². The Kier molecular flexibility index (Phi) is 8.15. The predicted molar refractivity (Wildman–Crippen MR) is 132 cm³/mol. The summed E-state index contributed by atoms with van der Waals surface area (Å²) in [4.78, 5) is 22.8. The Balaban J connectivity index is 1.56. The van der Waals surface area contributed by atoms with Crippen LogP contribution in [-0.2, 0) is 6.42 Å². The molecule has 3 aromatic rings. The predicted octanol–water partition coefficient (Wildman–Crippen LogP) is 5.76. The maximum absolute atomic E-state index is 12.5. The molecule has 0 aliphatic rings. The molecule has 0 radical (unpaired) electrons. The molecule has 0 spiro atoms. The zero-order valence-corrected chi connectivity index (χ0v) is 19.7. The minimum Gasteiger partial charge on any atom is -0.492 e. The van der Waals surface area contributed by atoms with Gasteiger partial charge in [-0.1, -0.05) is 41.9 Å². The third-order valence-corrected chi connectivity index (χ3v) is 5.46. The Morgan fingerprint density at radius 3 is 2.53 bits per heavy atom. The number of carbonyl (C=O) groups is 1. The van der Waals surface area contributed by atoms with E-state index in [0.717, 1.165) is 6.42 Å². The number of halogens is 2. The summed E-state index contributed by atoms with van der Waals surface area (Å²) in [5.41, 5.74) is 1.73. The van der Waals surface area contributed by atoms with E-state index in [9.17, 15) is 14.9 Å². The van der Waals surface area contributed by atoms with Gasteiger partial charge in [-0.25, -0.2) is 0 Å². The van der Waals surface area contributed by atoms with Gasteiger partial charge in [-0.2, -0.15) is 0 Å². The van der Waals surface area contributed by atoms with Crippen molar-refractivity contribution >= 4 is 62.1 Å². The number of hydrogen-bond donors (Lipinski definition) is 2. The molecule has 0 atom stereocenters. The molecule has 1 amide bonds. The minimum atomic E-state index is -0.553. The first-order valence-electron chi connectivity index (χ1n) is 9.36. The highest BCUT2D eigenvalue weighted by Crippen LogP contribution is 2.27. The zero-order valence-electron chi connectivity index (χ0n) is 16.5. The molecule has 0 saturated carbocycles. The summed E-state index contributed by atoms with van der Waals surface area (Å²) in [5, 5.41) is 16.2. The van der Waals surface area contributed by atoms with Gasteiger partial charge in [-0.3, -0.25) is 20.2 Å². The first kappa shape index (κ1) is 23.6. The standard InChI is InChI=1S/C22H17BrClN3O4S/c23-17-12-15(6-9-20(17)31-11-10-14-4-2-1-3-5-14)21(28)26-22(32)25-19-8-7-16(27(29)30)13-18(19)24/h1-9,12-13H,10-11H2,(H2,25,26,28,32). The molecular weight excluding hydrogens is 518 g/mol. The summed E-state index contributed by atoms with van der Waals surface area (Å²) in [6, 6.07) is 18.8. The summed E-state index contributed by atoms with van der Waals surface area (Å²) in [6.45, 7) is 0.498. The summed E-state index contributed by atoms with van der Waals surface area (Å²) in [5.74, 6) is 0.188. The van der Waals surface area contributed by atoms with Crippen LogP contribution in [0.2, 0.25) is 5.02 Å². The molecule has 0 bridgehead atoms. The molecule has 10 heteroatoms. The Hall–Kier alpha value is -3.01. The number of ether oxygens (including phenoxy) is 1. The van der Waals surface area contributed by atoms with Gasteiger partial charge in [0.25, 0.3) is 11.6 Å². The molecule has 32 heavy (non-hydrogen) atoms. The van der Waals surface area contributed by atoms with Crippen molar-refractivity contribution in [1.29, 1.82) is 0 Å². The maximum atomic E-state index is 12.5. The van der Waals surface area contributed by atoms with Crippen LogP contribution in [0.15, 0.2) is 71.2 Å². The lowest BCUT2D eigenvalue weighted by molar-refractivity contribution is -0.384. The number of benzene rings is 3. The smallest absolute Gasteiger partial charge is 0.271 e. The average Bonchev–Trinajstić information content (AvgIpc) is 2.76.